The van der Waals surface area contributed by atoms with Crippen LogP contribution in [0.25, 0.3) is 0 Å². The first kappa shape index (κ1) is 14.9. The summed E-state index contributed by atoms with van der Waals surface area (Å²) in [7, 11) is 0. The predicted octanol–water partition coefficient (Wildman–Crippen LogP) is 1.05. The number of aromatic nitrogens is 2. The highest BCUT2D eigenvalue weighted by Crippen LogP contribution is 2.15. The van der Waals surface area contributed by atoms with Crippen LogP contribution in [-0.4, -0.2) is 27.8 Å². The van der Waals surface area contributed by atoms with Gasteiger partial charge in [0.1, 0.15) is 5.82 Å². The summed E-state index contributed by atoms with van der Waals surface area (Å²) in [5.41, 5.74) is 0.131. The van der Waals surface area contributed by atoms with E-state index >= 15 is 0 Å². The highest BCUT2D eigenvalue weighted by molar-refractivity contribution is 5.73. The van der Waals surface area contributed by atoms with Crippen molar-refractivity contribution in [3.8, 4) is 0 Å². The molecule has 112 valence electrons. The van der Waals surface area contributed by atoms with Gasteiger partial charge in [0.2, 0.25) is 5.89 Å². The van der Waals surface area contributed by atoms with Crippen LogP contribution in [0.2, 0.25) is 0 Å². The third-order valence-electron chi connectivity index (χ3n) is 2.70. The largest absolute Gasteiger partial charge is 0.386 e. The van der Waals surface area contributed by atoms with Crippen LogP contribution < -0.4 is 10.6 Å². The van der Waals surface area contributed by atoms with Crippen LogP contribution in [0, 0.1) is 12.7 Å². The van der Waals surface area contributed by atoms with Crippen molar-refractivity contribution < 1.29 is 18.8 Å². The van der Waals surface area contributed by atoms with E-state index in [1.54, 1.807) is 13.0 Å². The zero-order valence-corrected chi connectivity index (χ0v) is 11.3. The molecule has 0 fully saturated rings. The van der Waals surface area contributed by atoms with Gasteiger partial charge in [-0.3, -0.25) is 0 Å². The first-order chi connectivity index (χ1) is 10.1. The summed E-state index contributed by atoms with van der Waals surface area (Å²) in [6.07, 6.45) is -1.12. The zero-order chi connectivity index (χ0) is 15.2. The lowest BCUT2D eigenvalue weighted by atomic mass is 10.1. The topological polar surface area (TPSA) is 100 Å². The number of aryl methyl sites for hydroxylation is 1. The number of carbonyl (C=O) groups excluding carboxylic acids is 1. The molecule has 0 bridgehead atoms. The minimum Gasteiger partial charge on any atom is -0.386 e. The Labute approximate surface area is 120 Å². The summed E-state index contributed by atoms with van der Waals surface area (Å²) in [4.78, 5) is 15.4. The van der Waals surface area contributed by atoms with Crippen molar-refractivity contribution in [2.45, 2.75) is 19.6 Å². The van der Waals surface area contributed by atoms with Gasteiger partial charge in [0.25, 0.3) is 0 Å². The van der Waals surface area contributed by atoms with E-state index in [9.17, 15) is 14.3 Å². The lowest BCUT2D eigenvalue weighted by Gasteiger charge is -2.13. The van der Waals surface area contributed by atoms with Crippen molar-refractivity contribution in [3.05, 3.63) is 47.4 Å². The number of aliphatic hydroxyl groups excluding tert-OH is 1. The van der Waals surface area contributed by atoms with Crippen molar-refractivity contribution in [3.63, 3.8) is 0 Å². The Morgan fingerprint density at radius 3 is 2.86 bits per heavy atom. The van der Waals surface area contributed by atoms with E-state index < -0.39 is 18.0 Å². The molecule has 7 nitrogen and oxygen atoms in total. The van der Waals surface area contributed by atoms with Gasteiger partial charge >= 0.3 is 6.03 Å². The monoisotopic (exact) mass is 294 g/mol. The van der Waals surface area contributed by atoms with E-state index in [1.807, 2.05) is 0 Å². The summed E-state index contributed by atoms with van der Waals surface area (Å²) in [6.45, 7) is 1.62. The molecule has 1 aromatic heterocycles. The smallest absolute Gasteiger partial charge is 0.315 e. The van der Waals surface area contributed by atoms with E-state index in [0.29, 0.717) is 11.7 Å². The molecule has 2 aromatic rings. The number of aliphatic hydroxyl groups is 1. The Morgan fingerprint density at radius 1 is 1.43 bits per heavy atom. The maximum absolute atomic E-state index is 13.4. The number of nitrogens with one attached hydrogen (secondary N) is 2. The lowest BCUT2D eigenvalue weighted by molar-refractivity contribution is 0.169. The highest BCUT2D eigenvalue weighted by Gasteiger charge is 2.13. The third kappa shape index (κ3) is 4.25. The van der Waals surface area contributed by atoms with Crippen LogP contribution in [-0.2, 0) is 6.54 Å². The van der Waals surface area contributed by atoms with Gasteiger partial charge in [-0.1, -0.05) is 23.4 Å². The second-order valence-electron chi connectivity index (χ2n) is 4.33. The number of rotatable bonds is 5. The van der Waals surface area contributed by atoms with E-state index in [1.165, 1.54) is 18.2 Å². The number of nitrogens with zero attached hydrogens (tertiary/aromatic N) is 2. The number of hydrogen-bond acceptors (Lipinski definition) is 5. The van der Waals surface area contributed by atoms with Crippen molar-refractivity contribution >= 4 is 6.03 Å². The van der Waals surface area contributed by atoms with E-state index in [2.05, 4.69) is 20.8 Å². The molecule has 0 aliphatic carbocycles. The second-order valence-corrected chi connectivity index (χ2v) is 4.33. The normalized spacial score (nSPS) is 12.0. The first-order valence-electron chi connectivity index (χ1n) is 6.29. The Morgan fingerprint density at radius 2 is 2.19 bits per heavy atom. The molecule has 0 spiro atoms. The summed E-state index contributed by atoms with van der Waals surface area (Å²) >= 11 is 0. The van der Waals surface area contributed by atoms with Crippen molar-refractivity contribution in [2.75, 3.05) is 6.54 Å². The van der Waals surface area contributed by atoms with Gasteiger partial charge in [-0.15, -0.1) is 0 Å². The molecular weight excluding hydrogens is 279 g/mol. The number of halogens is 1. The molecule has 1 aromatic carbocycles. The quantitative estimate of drug-likeness (QED) is 0.765. The average molecular weight is 294 g/mol. The molecule has 1 atom stereocenters. The van der Waals surface area contributed by atoms with E-state index in [-0.39, 0.29) is 18.7 Å². The summed E-state index contributed by atoms with van der Waals surface area (Å²) in [5.74, 6) is 0.231. The molecule has 3 N–H and O–H groups in total. The van der Waals surface area contributed by atoms with E-state index in [4.69, 9.17) is 4.52 Å². The maximum Gasteiger partial charge on any atom is 0.315 e. The third-order valence-corrected chi connectivity index (χ3v) is 2.70. The summed E-state index contributed by atoms with van der Waals surface area (Å²) in [5, 5.41) is 18.4. The average Bonchev–Trinajstić information content (AvgIpc) is 2.89. The van der Waals surface area contributed by atoms with Crippen molar-refractivity contribution in [1.29, 1.82) is 0 Å². The van der Waals surface area contributed by atoms with Crippen LogP contribution in [0.4, 0.5) is 9.18 Å². The van der Waals surface area contributed by atoms with E-state index in [0.717, 1.165) is 0 Å². The number of urea groups is 1. The fraction of sp³-hybridized carbons (Fsp3) is 0.308. The Hall–Kier alpha value is -2.48. The van der Waals surface area contributed by atoms with Crippen LogP contribution in [0.5, 0.6) is 0 Å². The number of hydrogen-bond donors (Lipinski definition) is 3. The maximum atomic E-state index is 13.4. The fourth-order valence-corrected chi connectivity index (χ4v) is 1.68. The molecule has 0 saturated heterocycles. The molecular formula is C13H15FN4O3. The van der Waals surface area contributed by atoms with Gasteiger partial charge in [0, 0.05) is 19.0 Å². The molecule has 0 aliphatic rings. The fourth-order valence-electron chi connectivity index (χ4n) is 1.68. The number of carbonyl (C=O) groups is 1. The Kier molecular flexibility index (Phi) is 4.83. The van der Waals surface area contributed by atoms with Gasteiger partial charge in [-0.05, 0) is 6.07 Å². The second kappa shape index (κ2) is 6.80. The molecule has 21 heavy (non-hydrogen) atoms. The first-order valence-corrected chi connectivity index (χ1v) is 6.29. The molecule has 8 heteroatoms. The number of benzene rings is 1. The Bertz CT molecular complexity index is 617. The highest BCUT2D eigenvalue weighted by atomic mass is 19.1. The molecule has 1 unspecified atom stereocenters. The standard InChI is InChI=1S/C13H15FN4O3/c1-8-17-12(18-21-8)7-16-13(20)15-6-11(19)9-4-2-3-5-10(9)14/h2-5,11,19H,6-7H2,1H3,(H2,15,16,20). The van der Waals surface area contributed by atoms with Crippen LogP contribution in [0.1, 0.15) is 23.4 Å². The SMILES string of the molecule is Cc1nc(CNC(=O)NCC(O)c2ccccc2F)no1. The zero-order valence-electron chi connectivity index (χ0n) is 11.3. The molecule has 2 rings (SSSR count). The molecule has 0 saturated carbocycles. The number of amides is 2. The van der Waals surface area contributed by atoms with Gasteiger partial charge < -0.3 is 20.3 Å². The minimum atomic E-state index is -1.12. The predicted molar refractivity (Wildman–Crippen MR) is 70.6 cm³/mol. The molecule has 1 heterocycles. The lowest BCUT2D eigenvalue weighted by Crippen LogP contribution is -2.37. The minimum absolute atomic E-state index is 0.0962. The van der Waals surface area contributed by atoms with Gasteiger partial charge in [-0.2, -0.15) is 4.98 Å². The molecule has 0 aliphatic heterocycles. The van der Waals surface area contributed by atoms with Crippen LogP contribution in [0.3, 0.4) is 0 Å². The molecule has 2 amide bonds. The summed E-state index contributed by atoms with van der Waals surface area (Å²) < 4.78 is 18.2. The van der Waals surface area contributed by atoms with Gasteiger partial charge in [-0.25, -0.2) is 9.18 Å². The summed E-state index contributed by atoms with van der Waals surface area (Å²) in [6, 6.07) is 5.32. The molecule has 0 radical (unpaired) electrons. The van der Waals surface area contributed by atoms with Crippen LogP contribution >= 0.6 is 0 Å². The van der Waals surface area contributed by atoms with Gasteiger partial charge in [0.05, 0.1) is 12.6 Å². The van der Waals surface area contributed by atoms with Crippen molar-refractivity contribution in [1.82, 2.24) is 20.8 Å². The Balaban J connectivity index is 1.77. The van der Waals surface area contributed by atoms with Crippen LogP contribution in [0.15, 0.2) is 28.8 Å². The van der Waals surface area contributed by atoms with Gasteiger partial charge in [0.15, 0.2) is 5.82 Å². The van der Waals surface area contributed by atoms with Crippen molar-refractivity contribution in [2.24, 2.45) is 0 Å².